The first-order chi connectivity index (χ1) is 8.74. The van der Waals surface area contributed by atoms with Crippen molar-refractivity contribution in [3.05, 3.63) is 0 Å². The van der Waals surface area contributed by atoms with Crippen LogP contribution in [-0.2, 0) is 9.53 Å². The van der Waals surface area contributed by atoms with Crippen molar-refractivity contribution in [2.45, 2.75) is 56.3 Å². The number of morpholine rings is 1. The smallest absolute Gasteiger partial charge is 0.322 e. The number of carboxylic acids is 1. The highest BCUT2D eigenvalue weighted by atomic mass is 16.5. The number of hydrogen-bond donors (Lipinski definition) is 2. The first kappa shape index (κ1) is 12.4. The second-order valence-electron chi connectivity index (χ2n) is 5.73. The number of carboxylic acid groups (broad SMARTS) is 1. The summed E-state index contributed by atoms with van der Waals surface area (Å²) in [5.41, 5.74) is 0. The van der Waals surface area contributed by atoms with Crippen molar-refractivity contribution < 1.29 is 14.6 Å². The van der Waals surface area contributed by atoms with Gasteiger partial charge in [-0.25, -0.2) is 0 Å². The van der Waals surface area contributed by atoms with E-state index in [0.717, 1.165) is 38.8 Å². The molecule has 5 heteroatoms. The minimum Gasteiger partial charge on any atom is -0.480 e. The summed E-state index contributed by atoms with van der Waals surface area (Å²) >= 11 is 0. The van der Waals surface area contributed by atoms with E-state index in [4.69, 9.17) is 4.74 Å². The lowest BCUT2D eigenvalue weighted by molar-refractivity contribution is -0.141. The van der Waals surface area contributed by atoms with Crippen LogP contribution in [-0.4, -0.2) is 59.9 Å². The Morgan fingerprint density at radius 1 is 1.39 bits per heavy atom. The van der Waals surface area contributed by atoms with Gasteiger partial charge in [-0.15, -0.1) is 0 Å². The Bertz CT molecular complexity index is 319. The van der Waals surface area contributed by atoms with Crippen LogP contribution in [0.2, 0.25) is 0 Å². The quantitative estimate of drug-likeness (QED) is 0.745. The summed E-state index contributed by atoms with van der Waals surface area (Å²) in [6.45, 7) is 2.24. The molecular formula is C13H22N2O3. The van der Waals surface area contributed by atoms with E-state index in [1.807, 2.05) is 0 Å². The van der Waals surface area contributed by atoms with E-state index in [-0.39, 0.29) is 0 Å². The summed E-state index contributed by atoms with van der Waals surface area (Å²) < 4.78 is 5.76. The third-order valence-corrected chi connectivity index (χ3v) is 4.33. The maximum Gasteiger partial charge on any atom is 0.322 e. The zero-order chi connectivity index (χ0) is 12.5. The molecule has 2 N–H and O–H groups in total. The maximum atomic E-state index is 11.3. The molecule has 1 heterocycles. The number of nitrogens with one attached hydrogen (secondary N) is 1. The minimum atomic E-state index is -0.720. The fourth-order valence-electron chi connectivity index (χ4n) is 3.20. The highest BCUT2D eigenvalue weighted by Crippen LogP contribution is 2.30. The summed E-state index contributed by atoms with van der Waals surface area (Å²) in [5, 5.41) is 12.5. The monoisotopic (exact) mass is 254 g/mol. The Balaban J connectivity index is 1.59. The molecule has 3 atom stereocenters. The van der Waals surface area contributed by atoms with Crippen LogP contribution >= 0.6 is 0 Å². The van der Waals surface area contributed by atoms with Crippen molar-refractivity contribution in [3.8, 4) is 0 Å². The Morgan fingerprint density at radius 3 is 2.94 bits per heavy atom. The molecule has 0 aromatic rings. The second-order valence-corrected chi connectivity index (χ2v) is 5.73. The van der Waals surface area contributed by atoms with Gasteiger partial charge in [-0.05, 0) is 32.1 Å². The molecule has 0 aromatic carbocycles. The van der Waals surface area contributed by atoms with Crippen molar-refractivity contribution in [2.24, 2.45) is 0 Å². The van der Waals surface area contributed by atoms with Gasteiger partial charge in [-0.3, -0.25) is 9.69 Å². The third kappa shape index (κ3) is 2.68. The minimum absolute atomic E-state index is 0.342. The fraction of sp³-hybridized carbons (Fsp3) is 0.923. The van der Waals surface area contributed by atoms with E-state index in [1.54, 1.807) is 0 Å². The molecule has 3 aliphatic rings. The van der Waals surface area contributed by atoms with Gasteiger partial charge in [0.05, 0.1) is 12.7 Å². The molecule has 0 amide bonds. The lowest BCUT2D eigenvalue weighted by Crippen LogP contribution is -2.55. The highest BCUT2D eigenvalue weighted by molar-refractivity contribution is 5.73. The van der Waals surface area contributed by atoms with Gasteiger partial charge < -0.3 is 15.2 Å². The number of carbonyl (C=O) groups is 1. The highest BCUT2D eigenvalue weighted by Gasteiger charge is 2.38. The van der Waals surface area contributed by atoms with Gasteiger partial charge in [0.2, 0.25) is 0 Å². The van der Waals surface area contributed by atoms with Gasteiger partial charge in [-0.2, -0.15) is 0 Å². The maximum absolute atomic E-state index is 11.3. The summed E-state index contributed by atoms with van der Waals surface area (Å²) in [6.07, 6.45) is 6.08. The molecule has 3 fully saturated rings. The van der Waals surface area contributed by atoms with Crippen molar-refractivity contribution in [2.75, 3.05) is 19.7 Å². The lowest BCUT2D eigenvalue weighted by atomic mass is 10.1. The summed E-state index contributed by atoms with van der Waals surface area (Å²) in [4.78, 5) is 13.6. The van der Waals surface area contributed by atoms with Crippen molar-refractivity contribution >= 4 is 5.97 Å². The summed E-state index contributed by atoms with van der Waals surface area (Å²) in [7, 11) is 0. The number of ether oxygens (including phenoxy) is 1. The molecule has 102 valence electrons. The molecule has 1 aliphatic heterocycles. The third-order valence-electron chi connectivity index (χ3n) is 4.33. The number of fused-ring (bicyclic) bond motifs is 1. The van der Waals surface area contributed by atoms with E-state index in [2.05, 4.69) is 10.2 Å². The van der Waals surface area contributed by atoms with Crippen LogP contribution in [0.4, 0.5) is 0 Å². The number of aliphatic carboxylic acids is 1. The molecule has 0 bridgehead atoms. The fourth-order valence-corrected chi connectivity index (χ4v) is 3.20. The number of hydrogen-bond acceptors (Lipinski definition) is 4. The summed E-state index contributed by atoms with van der Waals surface area (Å²) in [6, 6.07) is 0.463. The molecule has 0 spiro atoms. The van der Waals surface area contributed by atoms with E-state index >= 15 is 0 Å². The van der Waals surface area contributed by atoms with Gasteiger partial charge >= 0.3 is 5.97 Å². The van der Waals surface area contributed by atoms with Gasteiger partial charge in [0, 0.05) is 25.2 Å². The van der Waals surface area contributed by atoms with Gasteiger partial charge in [0.15, 0.2) is 0 Å². The molecule has 3 unspecified atom stereocenters. The van der Waals surface area contributed by atoms with Crippen LogP contribution < -0.4 is 5.32 Å². The zero-order valence-electron chi connectivity index (χ0n) is 10.7. The van der Waals surface area contributed by atoms with E-state index < -0.39 is 12.0 Å². The van der Waals surface area contributed by atoms with Crippen LogP contribution in [0.1, 0.15) is 32.1 Å². The molecule has 2 aliphatic carbocycles. The number of nitrogens with zero attached hydrogens (tertiary/aromatic N) is 1. The molecule has 3 rings (SSSR count). The van der Waals surface area contributed by atoms with Gasteiger partial charge in [0.25, 0.3) is 0 Å². The van der Waals surface area contributed by atoms with Crippen LogP contribution in [0.25, 0.3) is 0 Å². The van der Waals surface area contributed by atoms with Crippen molar-refractivity contribution in [1.29, 1.82) is 0 Å². The Kier molecular flexibility index (Phi) is 3.54. The predicted octanol–water partition coefficient (Wildman–Crippen LogP) is 0.445. The normalized spacial score (nSPS) is 34.2. The Morgan fingerprint density at radius 2 is 2.22 bits per heavy atom. The van der Waals surface area contributed by atoms with Crippen LogP contribution in [0.3, 0.4) is 0 Å². The van der Waals surface area contributed by atoms with Crippen LogP contribution in [0.15, 0.2) is 0 Å². The molecule has 2 saturated carbocycles. The second kappa shape index (κ2) is 5.15. The van der Waals surface area contributed by atoms with E-state index in [9.17, 15) is 9.90 Å². The van der Waals surface area contributed by atoms with Crippen LogP contribution in [0.5, 0.6) is 0 Å². The predicted molar refractivity (Wildman–Crippen MR) is 66.5 cm³/mol. The molecule has 5 nitrogen and oxygen atoms in total. The van der Waals surface area contributed by atoms with E-state index in [1.165, 1.54) is 6.42 Å². The van der Waals surface area contributed by atoms with Crippen LogP contribution in [0, 0.1) is 0 Å². The van der Waals surface area contributed by atoms with Gasteiger partial charge in [0.1, 0.15) is 6.04 Å². The number of rotatable bonds is 5. The molecule has 18 heavy (non-hydrogen) atoms. The largest absolute Gasteiger partial charge is 0.480 e. The lowest BCUT2D eigenvalue weighted by Gasteiger charge is -2.38. The first-order valence-corrected chi connectivity index (χ1v) is 7.08. The Hall–Kier alpha value is -0.650. The Labute approximate surface area is 107 Å². The molecule has 0 aromatic heterocycles. The van der Waals surface area contributed by atoms with Crippen molar-refractivity contribution in [1.82, 2.24) is 10.2 Å². The average Bonchev–Trinajstić information content (AvgIpc) is 3.03. The molecular weight excluding hydrogens is 232 g/mol. The average molecular weight is 254 g/mol. The van der Waals surface area contributed by atoms with Crippen molar-refractivity contribution in [3.63, 3.8) is 0 Å². The topological polar surface area (TPSA) is 61.8 Å². The summed E-state index contributed by atoms with van der Waals surface area (Å²) in [5.74, 6) is -0.720. The standard InChI is InChI=1S/C13H22N2O3/c16-13(17)10(14-9-4-5-9)8-15-6-7-18-12-3-1-2-11(12)15/h9-12,14H,1-8H2,(H,16,17). The molecule has 1 saturated heterocycles. The van der Waals surface area contributed by atoms with Gasteiger partial charge in [-0.1, -0.05) is 0 Å². The zero-order valence-corrected chi connectivity index (χ0v) is 10.7. The first-order valence-electron chi connectivity index (χ1n) is 7.08. The SMILES string of the molecule is O=C(O)C(CN1CCOC2CCCC21)NC1CC1. The molecule has 0 radical (unpaired) electrons. The van der Waals surface area contributed by atoms with E-state index in [0.29, 0.717) is 24.7 Å².